The molecular formula is C22H27N5O4S. The number of hydrogen-bond donors (Lipinski definition) is 1. The lowest BCUT2D eigenvalue weighted by atomic mass is 10.0. The Morgan fingerprint density at radius 2 is 1.97 bits per heavy atom. The predicted molar refractivity (Wildman–Crippen MR) is 123 cm³/mol. The lowest BCUT2D eigenvalue weighted by Crippen LogP contribution is -2.43. The van der Waals surface area contributed by atoms with E-state index in [1.807, 2.05) is 33.7 Å². The van der Waals surface area contributed by atoms with Gasteiger partial charge in [0.1, 0.15) is 17.2 Å². The molecule has 3 heterocycles. The van der Waals surface area contributed by atoms with Gasteiger partial charge in [-0.05, 0) is 56.0 Å². The van der Waals surface area contributed by atoms with Gasteiger partial charge in [-0.3, -0.25) is 14.1 Å². The molecule has 170 valence electrons. The second-order valence-corrected chi connectivity index (χ2v) is 8.35. The predicted octanol–water partition coefficient (Wildman–Crippen LogP) is 4.01. The second kappa shape index (κ2) is 9.99. The third-order valence-electron chi connectivity index (χ3n) is 5.49. The summed E-state index contributed by atoms with van der Waals surface area (Å²) in [7, 11) is 3.21. The van der Waals surface area contributed by atoms with Crippen molar-refractivity contribution in [3.63, 3.8) is 0 Å². The summed E-state index contributed by atoms with van der Waals surface area (Å²) in [5.74, 6) is 3.74. The lowest BCUT2D eigenvalue weighted by molar-refractivity contribution is -0.135. The van der Waals surface area contributed by atoms with Crippen molar-refractivity contribution in [2.75, 3.05) is 31.2 Å². The summed E-state index contributed by atoms with van der Waals surface area (Å²) in [4.78, 5) is 14.2. The van der Waals surface area contributed by atoms with E-state index in [0.717, 1.165) is 12.8 Å². The largest absolute Gasteiger partial charge is 0.494 e. The van der Waals surface area contributed by atoms with Crippen molar-refractivity contribution in [2.24, 2.45) is 0 Å². The van der Waals surface area contributed by atoms with Crippen LogP contribution in [0.15, 0.2) is 41.0 Å². The van der Waals surface area contributed by atoms with Crippen LogP contribution >= 0.6 is 11.9 Å². The van der Waals surface area contributed by atoms with Crippen LogP contribution in [0, 0.1) is 0 Å². The first-order chi connectivity index (χ1) is 15.6. The van der Waals surface area contributed by atoms with E-state index in [9.17, 15) is 4.79 Å². The SMILES string of the molecule is COc1cccc(OC)c1-n1c(NSCCN2C(=O)CCC[C@H]2C)nnc1-c1ccco1. The summed E-state index contributed by atoms with van der Waals surface area (Å²) in [6.07, 6.45) is 4.25. The van der Waals surface area contributed by atoms with Gasteiger partial charge in [0.2, 0.25) is 17.7 Å². The van der Waals surface area contributed by atoms with Crippen LogP contribution in [-0.2, 0) is 4.79 Å². The molecule has 0 saturated carbocycles. The molecule has 3 aromatic rings. The molecule has 1 aliphatic heterocycles. The number of furan rings is 1. The molecule has 1 saturated heterocycles. The standard InChI is InChI=1S/C22H27N5O4S/c1-15-7-4-11-19(28)26(15)12-14-32-25-22-24-23-21(18-10-6-13-31-18)27(22)20-16(29-2)8-5-9-17(20)30-3/h5-6,8-10,13,15H,4,7,11-12,14H2,1-3H3,(H,24,25)/t15-/m1/s1. The number of carbonyl (C=O) groups excluding carboxylic acids is 1. The summed E-state index contributed by atoms with van der Waals surface area (Å²) in [5.41, 5.74) is 0.664. The molecule has 1 N–H and O–H groups in total. The number of likely N-dealkylation sites (tertiary alicyclic amines) is 1. The Hall–Kier alpha value is -3.14. The summed E-state index contributed by atoms with van der Waals surface area (Å²) in [6, 6.07) is 9.46. The molecule has 0 radical (unpaired) electrons. The Balaban J connectivity index is 1.59. The molecule has 1 atom stereocenters. The Kier molecular flexibility index (Phi) is 6.89. The molecular weight excluding hydrogens is 430 g/mol. The van der Waals surface area contributed by atoms with Gasteiger partial charge >= 0.3 is 0 Å². The number of rotatable bonds is 9. The molecule has 32 heavy (non-hydrogen) atoms. The van der Waals surface area contributed by atoms with Crippen molar-refractivity contribution in [1.29, 1.82) is 0 Å². The van der Waals surface area contributed by atoms with E-state index in [2.05, 4.69) is 21.8 Å². The number of benzene rings is 1. The molecule has 0 unspecified atom stereocenters. The van der Waals surface area contributed by atoms with Crippen molar-refractivity contribution >= 4 is 23.8 Å². The van der Waals surface area contributed by atoms with Crippen molar-refractivity contribution in [1.82, 2.24) is 19.7 Å². The first-order valence-electron chi connectivity index (χ1n) is 10.5. The average molecular weight is 458 g/mol. The molecule has 4 rings (SSSR count). The molecule has 0 bridgehead atoms. The molecule has 1 fully saturated rings. The minimum absolute atomic E-state index is 0.228. The van der Waals surface area contributed by atoms with Gasteiger partial charge in [0.05, 0.1) is 20.5 Å². The molecule has 9 nitrogen and oxygen atoms in total. The van der Waals surface area contributed by atoms with Gasteiger partial charge in [-0.1, -0.05) is 6.07 Å². The van der Waals surface area contributed by atoms with Crippen LogP contribution in [0.2, 0.25) is 0 Å². The van der Waals surface area contributed by atoms with Gasteiger partial charge in [-0.15, -0.1) is 10.2 Å². The van der Waals surface area contributed by atoms with Crippen LogP contribution in [0.1, 0.15) is 26.2 Å². The zero-order chi connectivity index (χ0) is 22.5. The highest BCUT2D eigenvalue weighted by molar-refractivity contribution is 8.00. The number of piperidine rings is 1. The fourth-order valence-electron chi connectivity index (χ4n) is 3.88. The highest BCUT2D eigenvalue weighted by atomic mass is 32.2. The smallest absolute Gasteiger partial charge is 0.239 e. The monoisotopic (exact) mass is 457 g/mol. The topological polar surface area (TPSA) is 94.7 Å². The number of methoxy groups -OCH3 is 2. The number of nitrogens with one attached hydrogen (secondary N) is 1. The van der Waals surface area contributed by atoms with Crippen molar-refractivity contribution in [3.05, 3.63) is 36.6 Å². The van der Waals surface area contributed by atoms with Gasteiger partial charge in [0.25, 0.3) is 0 Å². The maximum Gasteiger partial charge on any atom is 0.239 e. The molecule has 1 amide bonds. The van der Waals surface area contributed by atoms with E-state index in [0.29, 0.717) is 53.4 Å². The first-order valence-corrected chi connectivity index (χ1v) is 11.5. The fraction of sp³-hybridized carbons (Fsp3) is 0.409. The summed E-state index contributed by atoms with van der Waals surface area (Å²) < 4.78 is 21.9. The maximum atomic E-state index is 12.2. The number of aromatic nitrogens is 3. The zero-order valence-electron chi connectivity index (χ0n) is 18.4. The van der Waals surface area contributed by atoms with E-state index in [-0.39, 0.29) is 11.9 Å². The van der Waals surface area contributed by atoms with E-state index in [1.54, 1.807) is 26.5 Å². The van der Waals surface area contributed by atoms with E-state index in [1.165, 1.54) is 11.9 Å². The quantitative estimate of drug-likeness (QED) is 0.381. The highest BCUT2D eigenvalue weighted by Gasteiger charge is 2.25. The summed E-state index contributed by atoms with van der Waals surface area (Å²) >= 11 is 1.47. The van der Waals surface area contributed by atoms with Crippen LogP contribution in [-0.4, -0.2) is 58.1 Å². The number of hydrogen-bond acceptors (Lipinski definition) is 8. The van der Waals surface area contributed by atoms with Crippen LogP contribution in [0.5, 0.6) is 11.5 Å². The van der Waals surface area contributed by atoms with Gasteiger partial charge in [0, 0.05) is 24.8 Å². The molecule has 1 aromatic carbocycles. The molecule has 0 spiro atoms. The number of anilines is 1. The Morgan fingerprint density at radius 1 is 1.19 bits per heavy atom. The van der Waals surface area contributed by atoms with Gasteiger partial charge in [0.15, 0.2) is 5.76 Å². The van der Waals surface area contributed by atoms with Crippen LogP contribution in [0.4, 0.5) is 5.95 Å². The number of amides is 1. The maximum absolute atomic E-state index is 12.2. The van der Waals surface area contributed by atoms with E-state index < -0.39 is 0 Å². The summed E-state index contributed by atoms with van der Waals surface area (Å²) in [5, 5.41) is 8.69. The van der Waals surface area contributed by atoms with Crippen molar-refractivity contribution < 1.29 is 18.7 Å². The third kappa shape index (κ3) is 4.40. The minimum Gasteiger partial charge on any atom is -0.494 e. The Labute approximate surface area is 191 Å². The Bertz CT molecular complexity index is 1030. The molecule has 1 aliphatic rings. The van der Waals surface area contributed by atoms with Gasteiger partial charge in [-0.25, -0.2) is 0 Å². The summed E-state index contributed by atoms with van der Waals surface area (Å²) in [6.45, 7) is 2.78. The van der Waals surface area contributed by atoms with Crippen LogP contribution in [0.25, 0.3) is 17.3 Å². The normalized spacial score (nSPS) is 16.3. The van der Waals surface area contributed by atoms with Crippen molar-refractivity contribution in [3.8, 4) is 28.8 Å². The highest BCUT2D eigenvalue weighted by Crippen LogP contribution is 2.38. The van der Waals surface area contributed by atoms with E-state index in [4.69, 9.17) is 13.9 Å². The van der Waals surface area contributed by atoms with Crippen LogP contribution in [0.3, 0.4) is 0 Å². The third-order valence-corrected chi connectivity index (χ3v) is 6.21. The fourth-order valence-corrected chi connectivity index (χ4v) is 4.53. The van der Waals surface area contributed by atoms with Crippen LogP contribution < -0.4 is 14.2 Å². The second-order valence-electron chi connectivity index (χ2n) is 7.45. The lowest BCUT2D eigenvalue weighted by Gasteiger charge is -2.33. The number of nitrogens with zero attached hydrogens (tertiary/aromatic N) is 4. The number of ether oxygens (including phenoxy) is 2. The number of carbonyl (C=O) groups is 1. The van der Waals surface area contributed by atoms with Gasteiger partial charge < -0.3 is 18.8 Å². The Morgan fingerprint density at radius 3 is 2.62 bits per heavy atom. The molecule has 2 aromatic heterocycles. The minimum atomic E-state index is 0.228. The zero-order valence-corrected chi connectivity index (χ0v) is 19.2. The number of para-hydroxylation sites is 1. The molecule has 0 aliphatic carbocycles. The average Bonchev–Trinajstić information content (AvgIpc) is 3.47. The van der Waals surface area contributed by atoms with Crippen molar-refractivity contribution in [2.45, 2.75) is 32.2 Å². The first kappa shape index (κ1) is 22.1. The van der Waals surface area contributed by atoms with E-state index >= 15 is 0 Å². The molecule has 10 heteroatoms. The van der Waals surface area contributed by atoms with Gasteiger partial charge in [-0.2, -0.15) is 0 Å².